The van der Waals surface area contributed by atoms with E-state index in [1.165, 1.54) is 6.07 Å². The van der Waals surface area contributed by atoms with Gasteiger partial charge in [0.15, 0.2) is 0 Å². The maximum Gasteiger partial charge on any atom is 0.234 e. The van der Waals surface area contributed by atoms with Gasteiger partial charge in [0, 0.05) is 19.3 Å². The number of imide groups is 1. The molecular weight excluding hydrogens is 285 g/mol. The van der Waals surface area contributed by atoms with E-state index in [0.29, 0.717) is 43.2 Å². The first-order chi connectivity index (χ1) is 10.5. The van der Waals surface area contributed by atoms with Gasteiger partial charge in [0.2, 0.25) is 11.8 Å². The van der Waals surface area contributed by atoms with Crippen LogP contribution in [0.4, 0.5) is 4.39 Å². The lowest BCUT2D eigenvalue weighted by molar-refractivity contribution is -0.134. The van der Waals surface area contributed by atoms with Crippen molar-refractivity contribution in [2.75, 3.05) is 0 Å². The first-order valence-corrected chi connectivity index (χ1v) is 7.69. The number of carbonyl (C=O) groups is 3. The molecule has 1 unspecified atom stereocenters. The summed E-state index contributed by atoms with van der Waals surface area (Å²) in [6.45, 7) is 0. The van der Waals surface area contributed by atoms with E-state index in [9.17, 15) is 18.8 Å². The van der Waals surface area contributed by atoms with E-state index in [2.05, 4.69) is 5.32 Å². The van der Waals surface area contributed by atoms with Crippen molar-refractivity contribution >= 4 is 17.6 Å². The van der Waals surface area contributed by atoms with Crippen LogP contribution < -0.4 is 5.32 Å². The number of ketones is 1. The minimum atomic E-state index is -0.464. The van der Waals surface area contributed by atoms with Crippen LogP contribution in [0.2, 0.25) is 0 Å². The Bertz CT molecular complexity index is 631. The predicted octanol–water partition coefficient (Wildman–Crippen LogP) is 2.57. The molecule has 3 rings (SSSR count). The van der Waals surface area contributed by atoms with Crippen LogP contribution in [0.1, 0.15) is 61.5 Å². The SMILES string of the molecule is O=C1CCC(c2ccc(C3CCC(=O)NC3=O)cc2F)CC1. The highest BCUT2D eigenvalue weighted by Crippen LogP contribution is 2.34. The second-order valence-corrected chi connectivity index (χ2v) is 6.10. The quantitative estimate of drug-likeness (QED) is 0.854. The van der Waals surface area contributed by atoms with Gasteiger partial charge in [0.25, 0.3) is 0 Å². The summed E-state index contributed by atoms with van der Waals surface area (Å²) < 4.78 is 14.4. The fraction of sp³-hybridized carbons (Fsp3) is 0.471. The van der Waals surface area contributed by atoms with E-state index in [-0.39, 0.29) is 35.8 Å². The molecule has 0 aromatic heterocycles. The van der Waals surface area contributed by atoms with Crippen LogP contribution in [0, 0.1) is 5.82 Å². The molecule has 22 heavy (non-hydrogen) atoms. The molecule has 1 aliphatic carbocycles. The Morgan fingerprint density at radius 2 is 1.73 bits per heavy atom. The number of carbonyl (C=O) groups excluding carboxylic acids is 3. The third-order valence-electron chi connectivity index (χ3n) is 4.65. The lowest BCUT2D eigenvalue weighted by atomic mass is 9.82. The molecular formula is C17H18FNO3. The maximum absolute atomic E-state index is 14.4. The second kappa shape index (κ2) is 5.99. The highest BCUT2D eigenvalue weighted by Gasteiger charge is 2.29. The van der Waals surface area contributed by atoms with Crippen LogP contribution in [0.25, 0.3) is 0 Å². The highest BCUT2D eigenvalue weighted by atomic mass is 19.1. The molecule has 2 aliphatic rings. The predicted molar refractivity (Wildman–Crippen MR) is 77.7 cm³/mol. The van der Waals surface area contributed by atoms with Gasteiger partial charge < -0.3 is 0 Å². The Morgan fingerprint density at radius 1 is 1.00 bits per heavy atom. The molecule has 2 amide bonds. The molecule has 5 heteroatoms. The lowest BCUT2D eigenvalue weighted by Gasteiger charge is -2.24. The molecule has 4 nitrogen and oxygen atoms in total. The molecule has 1 saturated carbocycles. The van der Waals surface area contributed by atoms with Crippen molar-refractivity contribution in [3.8, 4) is 0 Å². The van der Waals surface area contributed by atoms with Crippen molar-refractivity contribution < 1.29 is 18.8 Å². The van der Waals surface area contributed by atoms with Gasteiger partial charge in [-0.15, -0.1) is 0 Å². The van der Waals surface area contributed by atoms with E-state index in [0.717, 1.165) is 0 Å². The van der Waals surface area contributed by atoms with Gasteiger partial charge >= 0.3 is 0 Å². The highest BCUT2D eigenvalue weighted by molar-refractivity contribution is 6.00. The summed E-state index contributed by atoms with van der Waals surface area (Å²) in [5, 5.41) is 2.29. The Kier molecular flexibility index (Phi) is 4.05. The maximum atomic E-state index is 14.4. The van der Waals surface area contributed by atoms with Gasteiger partial charge in [0.05, 0.1) is 5.92 Å². The number of hydrogen-bond acceptors (Lipinski definition) is 3. The van der Waals surface area contributed by atoms with E-state index in [1.807, 2.05) is 0 Å². The topological polar surface area (TPSA) is 63.2 Å². The van der Waals surface area contributed by atoms with Crippen molar-refractivity contribution in [3.63, 3.8) is 0 Å². The smallest absolute Gasteiger partial charge is 0.234 e. The van der Waals surface area contributed by atoms with Crippen LogP contribution in [-0.2, 0) is 14.4 Å². The third kappa shape index (κ3) is 2.93. The molecule has 1 heterocycles. The summed E-state index contributed by atoms with van der Waals surface area (Å²) in [7, 11) is 0. The van der Waals surface area contributed by atoms with Crippen LogP contribution in [-0.4, -0.2) is 17.6 Å². The Morgan fingerprint density at radius 3 is 2.36 bits per heavy atom. The normalized spacial score (nSPS) is 23.5. The number of benzene rings is 1. The molecule has 0 radical (unpaired) electrons. The molecule has 0 bridgehead atoms. The molecule has 1 N–H and O–H groups in total. The number of Topliss-reactive ketones (excluding diaryl/α,β-unsaturated/α-hetero) is 1. The minimum absolute atomic E-state index is 0.0773. The van der Waals surface area contributed by atoms with Crippen LogP contribution in [0.5, 0.6) is 0 Å². The number of amides is 2. The van der Waals surface area contributed by atoms with Crippen molar-refractivity contribution in [2.24, 2.45) is 0 Å². The molecule has 1 aromatic rings. The average Bonchev–Trinajstić information content (AvgIpc) is 2.48. The van der Waals surface area contributed by atoms with Gasteiger partial charge in [-0.05, 0) is 42.4 Å². The molecule has 1 atom stereocenters. The zero-order valence-corrected chi connectivity index (χ0v) is 12.2. The summed E-state index contributed by atoms with van der Waals surface area (Å²) in [6, 6.07) is 4.91. The summed E-state index contributed by atoms with van der Waals surface area (Å²) in [4.78, 5) is 34.3. The van der Waals surface area contributed by atoms with Crippen molar-refractivity contribution in [3.05, 3.63) is 35.1 Å². The van der Waals surface area contributed by atoms with Gasteiger partial charge in [-0.25, -0.2) is 4.39 Å². The number of nitrogens with one attached hydrogen (secondary N) is 1. The monoisotopic (exact) mass is 303 g/mol. The van der Waals surface area contributed by atoms with E-state index >= 15 is 0 Å². The van der Waals surface area contributed by atoms with E-state index in [4.69, 9.17) is 0 Å². The third-order valence-corrected chi connectivity index (χ3v) is 4.65. The number of rotatable bonds is 2. The van der Waals surface area contributed by atoms with Crippen LogP contribution in [0.15, 0.2) is 18.2 Å². The van der Waals surface area contributed by atoms with Gasteiger partial charge in [0.1, 0.15) is 11.6 Å². The van der Waals surface area contributed by atoms with Crippen molar-refractivity contribution in [2.45, 2.75) is 50.4 Å². The van der Waals surface area contributed by atoms with Crippen molar-refractivity contribution in [1.29, 1.82) is 0 Å². The minimum Gasteiger partial charge on any atom is -0.300 e. The number of halogens is 1. The fourth-order valence-electron chi connectivity index (χ4n) is 3.35. The zero-order chi connectivity index (χ0) is 15.7. The lowest BCUT2D eigenvalue weighted by Crippen LogP contribution is -2.39. The molecule has 1 aromatic carbocycles. The molecule has 1 aliphatic heterocycles. The first kappa shape index (κ1) is 14.9. The Labute approximate surface area is 128 Å². The van der Waals surface area contributed by atoms with Crippen molar-refractivity contribution in [1.82, 2.24) is 5.32 Å². The average molecular weight is 303 g/mol. The zero-order valence-electron chi connectivity index (χ0n) is 12.2. The summed E-state index contributed by atoms with van der Waals surface area (Å²) in [6.07, 6.45) is 3.10. The molecule has 1 saturated heterocycles. The van der Waals surface area contributed by atoms with Crippen LogP contribution in [0.3, 0.4) is 0 Å². The molecule has 116 valence electrons. The van der Waals surface area contributed by atoms with E-state index < -0.39 is 5.92 Å². The Hall–Kier alpha value is -2.04. The van der Waals surface area contributed by atoms with Crippen LogP contribution >= 0.6 is 0 Å². The second-order valence-electron chi connectivity index (χ2n) is 6.10. The van der Waals surface area contributed by atoms with Gasteiger partial charge in [-0.2, -0.15) is 0 Å². The fourth-order valence-corrected chi connectivity index (χ4v) is 3.35. The van der Waals surface area contributed by atoms with Gasteiger partial charge in [-0.3, -0.25) is 19.7 Å². The largest absolute Gasteiger partial charge is 0.300 e. The molecule has 2 fully saturated rings. The first-order valence-electron chi connectivity index (χ1n) is 7.69. The number of hydrogen-bond donors (Lipinski definition) is 1. The molecule has 0 spiro atoms. The standard InChI is InChI=1S/C17H18FNO3/c18-15-9-11(14-7-8-16(21)19-17(14)22)3-6-13(15)10-1-4-12(20)5-2-10/h3,6,9-10,14H,1-2,4-5,7-8H2,(H,19,21,22). The van der Waals surface area contributed by atoms with E-state index in [1.54, 1.807) is 12.1 Å². The summed E-state index contributed by atoms with van der Waals surface area (Å²) >= 11 is 0. The number of piperidine rings is 1. The van der Waals surface area contributed by atoms with Gasteiger partial charge in [-0.1, -0.05) is 12.1 Å². The summed E-state index contributed by atoms with van der Waals surface area (Å²) in [5.41, 5.74) is 1.24. The summed E-state index contributed by atoms with van der Waals surface area (Å²) in [5.74, 6) is -1.09. The Balaban J connectivity index is 1.79.